The molecule has 31 heavy (non-hydrogen) atoms. The number of hydrogen-bond donors (Lipinski definition) is 7. The quantitative estimate of drug-likeness (QED) is 0.300. The zero-order valence-electron chi connectivity index (χ0n) is 15.9. The van der Waals surface area contributed by atoms with Crippen molar-refractivity contribution in [2.75, 3.05) is 6.61 Å². The van der Waals surface area contributed by atoms with E-state index in [1.54, 1.807) is 0 Å². The van der Waals surface area contributed by atoms with Gasteiger partial charge in [0, 0.05) is 17.7 Å². The lowest BCUT2D eigenvalue weighted by Gasteiger charge is -2.40. The number of aliphatic hydroxyl groups is 4. The molecule has 0 aliphatic carbocycles. The third-order valence-corrected chi connectivity index (χ3v) is 5.33. The fourth-order valence-corrected chi connectivity index (χ4v) is 3.70. The molecule has 7 N–H and O–H groups in total. The third kappa shape index (κ3) is 3.50. The Morgan fingerprint density at radius 1 is 0.871 bits per heavy atom. The largest absolute Gasteiger partial charge is 0.508 e. The van der Waals surface area contributed by atoms with Crippen LogP contribution in [0.25, 0.3) is 22.3 Å². The van der Waals surface area contributed by atoms with Crippen LogP contribution in [0.4, 0.5) is 0 Å². The van der Waals surface area contributed by atoms with E-state index in [1.165, 1.54) is 24.3 Å². The average molecular weight is 432 g/mol. The van der Waals surface area contributed by atoms with E-state index in [0.29, 0.717) is 5.56 Å². The van der Waals surface area contributed by atoms with Crippen molar-refractivity contribution in [3.8, 4) is 28.6 Å². The number of aromatic hydroxyl groups is 3. The maximum absolute atomic E-state index is 12.7. The van der Waals surface area contributed by atoms with E-state index in [4.69, 9.17) is 9.15 Å². The highest BCUT2D eigenvalue weighted by Crippen LogP contribution is 2.43. The molecule has 3 aromatic rings. The van der Waals surface area contributed by atoms with Crippen LogP contribution in [0.15, 0.2) is 45.6 Å². The standard InChI is InChI=1S/C21H20O10/c22-7-14-17(27)18(28)19(29)21(31-14)16-11(25)5-10(24)15-12(26)6-13(30-20(15)16)8-1-3-9(23)4-2-8/h1-6,14,17-19,21-25,27-29H,7H2/t14-,17+,18+,19-,21?/m1/s1. The van der Waals surface area contributed by atoms with Gasteiger partial charge in [0.05, 0.1) is 12.2 Å². The molecule has 10 heteroatoms. The molecular formula is C21H20O10. The van der Waals surface area contributed by atoms with Gasteiger partial charge in [0.2, 0.25) is 0 Å². The lowest BCUT2D eigenvalue weighted by atomic mass is 9.89. The molecule has 1 fully saturated rings. The first-order valence-corrected chi connectivity index (χ1v) is 9.35. The van der Waals surface area contributed by atoms with E-state index in [1.807, 2.05) is 0 Å². The topological polar surface area (TPSA) is 181 Å². The molecule has 1 saturated heterocycles. The normalized spacial score (nSPS) is 26.3. The Morgan fingerprint density at radius 3 is 2.19 bits per heavy atom. The molecule has 0 spiro atoms. The summed E-state index contributed by atoms with van der Waals surface area (Å²) in [7, 11) is 0. The fourth-order valence-electron chi connectivity index (χ4n) is 3.70. The minimum atomic E-state index is -1.75. The molecule has 1 aliphatic rings. The van der Waals surface area contributed by atoms with Gasteiger partial charge in [-0.3, -0.25) is 4.79 Å². The van der Waals surface area contributed by atoms with Crippen LogP contribution in [0.1, 0.15) is 11.7 Å². The van der Waals surface area contributed by atoms with E-state index >= 15 is 0 Å². The highest BCUT2D eigenvalue weighted by atomic mass is 16.5. The maximum Gasteiger partial charge on any atom is 0.197 e. The van der Waals surface area contributed by atoms with Crippen molar-refractivity contribution >= 4 is 11.0 Å². The second-order valence-corrected chi connectivity index (χ2v) is 7.30. The Bertz CT molecular complexity index is 1170. The van der Waals surface area contributed by atoms with Crippen molar-refractivity contribution in [3.63, 3.8) is 0 Å². The fraction of sp³-hybridized carbons (Fsp3) is 0.286. The first-order chi connectivity index (χ1) is 14.7. The molecule has 2 heterocycles. The Morgan fingerprint density at radius 2 is 1.55 bits per heavy atom. The number of fused-ring (bicyclic) bond motifs is 1. The Balaban J connectivity index is 1.96. The molecule has 2 aromatic carbocycles. The lowest BCUT2D eigenvalue weighted by Crippen LogP contribution is -2.55. The summed E-state index contributed by atoms with van der Waals surface area (Å²) in [4.78, 5) is 12.7. The number of ether oxygens (including phenoxy) is 1. The summed E-state index contributed by atoms with van der Waals surface area (Å²) in [5.41, 5.74) is -0.813. The molecule has 0 saturated carbocycles. The summed E-state index contributed by atoms with van der Waals surface area (Å²) in [6.07, 6.45) is -7.87. The van der Waals surface area contributed by atoms with Gasteiger partial charge in [-0.15, -0.1) is 0 Å². The monoisotopic (exact) mass is 432 g/mol. The van der Waals surface area contributed by atoms with Crippen molar-refractivity contribution in [2.45, 2.75) is 30.5 Å². The van der Waals surface area contributed by atoms with Crippen LogP contribution in [0, 0.1) is 0 Å². The number of aliphatic hydroxyl groups excluding tert-OH is 4. The van der Waals surface area contributed by atoms with Crippen LogP contribution in [0.2, 0.25) is 0 Å². The van der Waals surface area contributed by atoms with Gasteiger partial charge in [-0.1, -0.05) is 0 Å². The Hall–Kier alpha value is -3.15. The van der Waals surface area contributed by atoms with E-state index in [9.17, 15) is 40.5 Å². The average Bonchev–Trinajstić information content (AvgIpc) is 2.73. The highest BCUT2D eigenvalue weighted by Gasteiger charge is 2.46. The van der Waals surface area contributed by atoms with Gasteiger partial charge in [0.25, 0.3) is 0 Å². The maximum atomic E-state index is 12.7. The van der Waals surface area contributed by atoms with E-state index in [0.717, 1.165) is 12.1 Å². The summed E-state index contributed by atoms with van der Waals surface area (Å²) in [5, 5.41) is 70.0. The molecule has 164 valence electrons. The smallest absolute Gasteiger partial charge is 0.197 e. The summed E-state index contributed by atoms with van der Waals surface area (Å²) in [6.45, 7) is -0.694. The van der Waals surface area contributed by atoms with Crippen molar-refractivity contribution < 1.29 is 44.9 Å². The van der Waals surface area contributed by atoms with Crippen LogP contribution in [-0.2, 0) is 4.74 Å². The predicted octanol–water partition coefficient (Wildman–Crippen LogP) is 0.0917. The molecule has 0 bridgehead atoms. The first-order valence-electron chi connectivity index (χ1n) is 9.35. The Labute approximate surface area is 174 Å². The van der Waals surface area contributed by atoms with Gasteiger partial charge in [-0.05, 0) is 24.3 Å². The second-order valence-electron chi connectivity index (χ2n) is 7.30. The van der Waals surface area contributed by atoms with Gasteiger partial charge in [0.1, 0.15) is 58.9 Å². The summed E-state index contributed by atoms with van der Waals surface area (Å²) in [5.74, 6) is -1.15. The van der Waals surface area contributed by atoms with E-state index in [2.05, 4.69) is 0 Å². The zero-order chi connectivity index (χ0) is 22.4. The number of phenolic OH excluding ortho intramolecular Hbond substituents is 3. The molecular weight excluding hydrogens is 412 g/mol. The molecule has 1 unspecified atom stereocenters. The number of rotatable bonds is 3. The molecule has 1 aliphatic heterocycles. The molecule has 0 radical (unpaired) electrons. The zero-order valence-corrected chi connectivity index (χ0v) is 15.9. The van der Waals surface area contributed by atoms with Crippen LogP contribution in [0.5, 0.6) is 17.2 Å². The van der Waals surface area contributed by atoms with Crippen LogP contribution < -0.4 is 5.43 Å². The van der Waals surface area contributed by atoms with Gasteiger partial charge < -0.3 is 44.9 Å². The van der Waals surface area contributed by atoms with Crippen LogP contribution in [0.3, 0.4) is 0 Å². The van der Waals surface area contributed by atoms with Gasteiger partial charge >= 0.3 is 0 Å². The summed E-state index contributed by atoms with van der Waals surface area (Å²) >= 11 is 0. The Kier molecular flexibility index (Phi) is 5.33. The number of benzene rings is 2. The number of phenols is 3. The van der Waals surface area contributed by atoms with Crippen LogP contribution >= 0.6 is 0 Å². The number of hydrogen-bond acceptors (Lipinski definition) is 10. The molecule has 10 nitrogen and oxygen atoms in total. The molecule has 1 aromatic heterocycles. The highest BCUT2D eigenvalue weighted by molar-refractivity contribution is 5.89. The summed E-state index contributed by atoms with van der Waals surface area (Å²) in [6, 6.07) is 7.69. The lowest BCUT2D eigenvalue weighted by molar-refractivity contribution is -0.231. The molecule has 0 amide bonds. The SMILES string of the molecule is O=c1cc(-c2ccc(O)cc2)oc2c(C3O[C@H](CO)[C@H](O)[C@H](O)[C@H]3O)c(O)cc(O)c12. The molecule has 5 atom stereocenters. The third-order valence-electron chi connectivity index (χ3n) is 5.33. The van der Waals surface area contributed by atoms with E-state index in [-0.39, 0.29) is 28.0 Å². The summed E-state index contributed by atoms with van der Waals surface area (Å²) < 4.78 is 11.3. The van der Waals surface area contributed by atoms with Crippen molar-refractivity contribution in [1.29, 1.82) is 0 Å². The van der Waals surface area contributed by atoms with Crippen molar-refractivity contribution in [3.05, 3.63) is 52.2 Å². The van der Waals surface area contributed by atoms with Crippen molar-refractivity contribution in [2.24, 2.45) is 0 Å². The predicted molar refractivity (Wildman–Crippen MR) is 106 cm³/mol. The minimum Gasteiger partial charge on any atom is -0.508 e. The van der Waals surface area contributed by atoms with Gasteiger partial charge in [0.15, 0.2) is 11.0 Å². The van der Waals surface area contributed by atoms with Gasteiger partial charge in [-0.2, -0.15) is 0 Å². The second kappa shape index (κ2) is 7.84. The van der Waals surface area contributed by atoms with Crippen molar-refractivity contribution in [1.82, 2.24) is 0 Å². The molecule has 4 rings (SSSR count). The minimum absolute atomic E-state index is 0.0100. The first kappa shape index (κ1) is 21.1. The van der Waals surface area contributed by atoms with Gasteiger partial charge in [-0.25, -0.2) is 0 Å². The van der Waals surface area contributed by atoms with E-state index < -0.39 is 54.1 Å². The van der Waals surface area contributed by atoms with Crippen LogP contribution in [-0.4, -0.2) is 66.8 Å².